The molecule has 1 rings (SSSR count). The Balaban J connectivity index is 2.74. The quantitative estimate of drug-likeness (QED) is 0.564. The van der Waals surface area contributed by atoms with Crippen molar-refractivity contribution in [2.45, 2.75) is 11.5 Å². The molecule has 74 valence electrons. The van der Waals surface area contributed by atoms with Crippen molar-refractivity contribution >= 4 is 11.6 Å². The summed E-state index contributed by atoms with van der Waals surface area (Å²) >= 11 is 4.56. The van der Waals surface area contributed by atoms with E-state index in [1.807, 2.05) is 5.92 Å². The minimum absolute atomic E-state index is 0.549. The molecule has 1 unspecified atom stereocenters. The summed E-state index contributed by atoms with van der Waals surface area (Å²) in [6.07, 6.45) is -2.15. The average molecular weight is 217 g/mol. The zero-order valence-electron chi connectivity index (χ0n) is 7.05. The van der Waals surface area contributed by atoms with E-state index in [-0.39, 0.29) is 0 Å². The van der Waals surface area contributed by atoms with Gasteiger partial charge in [-0.2, -0.15) is 8.78 Å². The zero-order valence-corrected chi connectivity index (χ0v) is 7.80. The van der Waals surface area contributed by atoms with E-state index in [1.54, 1.807) is 30.3 Å². The van der Waals surface area contributed by atoms with Crippen molar-refractivity contribution in [1.82, 2.24) is 0 Å². The van der Waals surface area contributed by atoms with Crippen LogP contribution in [0.2, 0.25) is 0 Å². The maximum Gasteiger partial charge on any atom is 0.358 e. The van der Waals surface area contributed by atoms with Crippen molar-refractivity contribution in [3.8, 4) is 11.8 Å². The number of hydrogen-bond donors (Lipinski definition) is 1. The summed E-state index contributed by atoms with van der Waals surface area (Å²) in [6, 6.07) is 8.50. The van der Waals surface area contributed by atoms with Gasteiger partial charge in [0.2, 0.25) is 0 Å². The Hall–Kier alpha value is -1.11. The smallest absolute Gasteiger partial charge is 0.358 e. The minimum Gasteiger partial charge on any atom is -0.373 e. The molecule has 0 aliphatic carbocycles. The molecule has 0 saturated heterocycles. The van der Waals surface area contributed by atoms with Crippen LogP contribution in [0.3, 0.4) is 0 Å². The molecule has 0 bridgehead atoms. The van der Waals surface area contributed by atoms with Crippen LogP contribution in [-0.2, 0) is 0 Å². The van der Waals surface area contributed by atoms with Gasteiger partial charge < -0.3 is 5.11 Å². The van der Waals surface area contributed by atoms with Crippen LogP contribution >= 0.6 is 11.6 Å². The molecular weight excluding hydrogens is 210 g/mol. The molecule has 0 fully saturated rings. The third kappa shape index (κ3) is 3.33. The molecular formula is C10H7ClF2O. The summed E-state index contributed by atoms with van der Waals surface area (Å²) in [7, 11) is 0. The molecule has 1 aromatic carbocycles. The lowest BCUT2D eigenvalue weighted by Crippen LogP contribution is -2.25. The second-order valence-electron chi connectivity index (χ2n) is 2.58. The van der Waals surface area contributed by atoms with E-state index in [9.17, 15) is 8.78 Å². The number of hydrogen-bond acceptors (Lipinski definition) is 1. The number of aliphatic hydroxyl groups is 1. The van der Waals surface area contributed by atoms with Gasteiger partial charge >= 0.3 is 5.38 Å². The first kappa shape index (κ1) is 11.0. The van der Waals surface area contributed by atoms with E-state index < -0.39 is 11.5 Å². The van der Waals surface area contributed by atoms with Gasteiger partial charge in [0.15, 0.2) is 6.10 Å². The van der Waals surface area contributed by atoms with Gasteiger partial charge in [-0.1, -0.05) is 30.0 Å². The molecule has 1 N–H and O–H groups in total. The lowest BCUT2D eigenvalue weighted by atomic mass is 10.2. The molecule has 0 aliphatic rings. The first-order chi connectivity index (χ1) is 6.50. The molecule has 1 atom stereocenters. The van der Waals surface area contributed by atoms with E-state index in [1.165, 1.54) is 0 Å². The number of benzene rings is 1. The summed E-state index contributed by atoms with van der Waals surface area (Å²) in [5.41, 5.74) is 0.549. The molecule has 0 amide bonds. The van der Waals surface area contributed by atoms with E-state index >= 15 is 0 Å². The molecule has 4 heteroatoms. The average Bonchev–Trinajstić information content (AvgIpc) is 2.14. The van der Waals surface area contributed by atoms with Crippen LogP contribution < -0.4 is 0 Å². The van der Waals surface area contributed by atoms with Crippen molar-refractivity contribution in [2.75, 3.05) is 0 Å². The van der Waals surface area contributed by atoms with Crippen molar-refractivity contribution in [1.29, 1.82) is 0 Å². The van der Waals surface area contributed by atoms with Gasteiger partial charge in [-0.15, -0.1) is 0 Å². The van der Waals surface area contributed by atoms with E-state index in [0.29, 0.717) is 5.56 Å². The summed E-state index contributed by atoms with van der Waals surface area (Å²) in [4.78, 5) is 0. The Labute approximate surface area is 85.3 Å². The molecule has 0 heterocycles. The monoisotopic (exact) mass is 216 g/mol. The summed E-state index contributed by atoms with van der Waals surface area (Å²) in [6.45, 7) is 0. The molecule has 14 heavy (non-hydrogen) atoms. The van der Waals surface area contributed by atoms with E-state index in [2.05, 4.69) is 17.5 Å². The Morgan fingerprint density at radius 3 is 2.36 bits per heavy atom. The van der Waals surface area contributed by atoms with Crippen LogP contribution in [0.5, 0.6) is 0 Å². The van der Waals surface area contributed by atoms with Crippen LogP contribution in [0.25, 0.3) is 0 Å². The largest absolute Gasteiger partial charge is 0.373 e. The Morgan fingerprint density at radius 1 is 1.29 bits per heavy atom. The molecule has 1 nitrogen and oxygen atoms in total. The van der Waals surface area contributed by atoms with Crippen LogP contribution in [0, 0.1) is 11.8 Å². The normalized spacial score (nSPS) is 12.9. The standard InChI is InChI=1S/C10H7ClF2O/c11-10(12,13)9(14)7-6-8-4-2-1-3-5-8/h1-5,9,14H. The molecule has 0 radical (unpaired) electrons. The highest BCUT2D eigenvalue weighted by Gasteiger charge is 2.34. The van der Waals surface area contributed by atoms with Crippen LogP contribution in [-0.4, -0.2) is 16.6 Å². The van der Waals surface area contributed by atoms with Crippen molar-refractivity contribution in [3.63, 3.8) is 0 Å². The predicted octanol–water partition coefficient (Wildman–Crippen LogP) is 2.23. The highest BCUT2D eigenvalue weighted by Crippen LogP contribution is 2.22. The lowest BCUT2D eigenvalue weighted by molar-refractivity contribution is -0.00926. The van der Waals surface area contributed by atoms with E-state index in [0.717, 1.165) is 0 Å². The third-order valence-electron chi connectivity index (χ3n) is 1.44. The molecule has 0 aliphatic heterocycles. The van der Waals surface area contributed by atoms with Crippen LogP contribution in [0.4, 0.5) is 8.78 Å². The highest BCUT2D eigenvalue weighted by atomic mass is 35.5. The number of rotatable bonds is 1. The Kier molecular flexibility index (Phi) is 3.45. The fourth-order valence-electron chi connectivity index (χ4n) is 0.755. The zero-order chi connectivity index (χ0) is 10.6. The fraction of sp³-hybridized carbons (Fsp3) is 0.200. The van der Waals surface area contributed by atoms with Gasteiger partial charge in [0, 0.05) is 5.56 Å². The van der Waals surface area contributed by atoms with Gasteiger partial charge in [0.25, 0.3) is 0 Å². The summed E-state index contributed by atoms with van der Waals surface area (Å²) in [5.74, 6) is 4.35. The topological polar surface area (TPSA) is 20.2 Å². The predicted molar refractivity (Wildman–Crippen MR) is 50.1 cm³/mol. The Bertz CT molecular complexity index is 348. The molecule has 1 aromatic rings. The molecule has 0 saturated carbocycles. The fourth-order valence-corrected chi connectivity index (χ4v) is 0.810. The summed E-state index contributed by atoms with van der Waals surface area (Å²) in [5, 5.41) is 5.08. The second-order valence-corrected chi connectivity index (χ2v) is 3.08. The van der Waals surface area contributed by atoms with Gasteiger partial charge in [0.1, 0.15) is 0 Å². The lowest BCUT2D eigenvalue weighted by Gasteiger charge is -2.08. The van der Waals surface area contributed by atoms with Crippen LogP contribution in [0.15, 0.2) is 30.3 Å². The van der Waals surface area contributed by atoms with Crippen LogP contribution in [0.1, 0.15) is 5.56 Å². The molecule has 0 spiro atoms. The minimum atomic E-state index is -3.71. The maximum atomic E-state index is 12.2. The summed E-state index contributed by atoms with van der Waals surface area (Å²) < 4.78 is 24.5. The van der Waals surface area contributed by atoms with E-state index in [4.69, 9.17) is 5.11 Å². The SMILES string of the molecule is OC(C#Cc1ccccc1)C(F)(F)Cl. The second kappa shape index (κ2) is 4.41. The molecule has 0 aromatic heterocycles. The van der Waals surface area contributed by atoms with Gasteiger partial charge in [-0.25, -0.2) is 0 Å². The van der Waals surface area contributed by atoms with Gasteiger partial charge in [0.05, 0.1) is 0 Å². The maximum absolute atomic E-state index is 12.2. The first-order valence-corrected chi connectivity index (χ1v) is 4.19. The number of halogens is 3. The van der Waals surface area contributed by atoms with Crippen molar-refractivity contribution < 1.29 is 13.9 Å². The highest BCUT2D eigenvalue weighted by molar-refractivity contribution is 6.22. The first-order valence-electron chi connectivity index (χ1n) is 3.81. The number of aliphatic hydroxyl groups excluding tert-OH is 1. The van der Waals surface area contributed by atoms with Crippen molar-refractivity contribution in [3.05, 3.63) is 35.9 Å². The van der Waals surface area contributed by atoms with Gasteiger partial charge in [-0.05, 0) is 23.7 Å². The van der Waals surface area contributed by atoms with Crippen molar-refractivity contribution in [2.24, 2.45) is 0 Å². The third-order valence-corrected chi connectivity index (χ3v) is 1.64. The van der Waals surface area contributed by atoms with Gasteiger partial charge in [-0.3, -0.25) is 0 Å². The Morgan fingerprint density at radius 2 is 1.86 bits per heavy atom. The number of alkyl halides is 3.